The van der Waals surface area contributed by atoms with E-state index in [0.717, 1.165) is 11.1 Å². The average molecular weight is 481 g/mol. The first-order chi connectivity index (χ1) is 17.6. The number of nitrogens with zero attached hydrogens (tertiary/aromatic N) is 4. The summed E-state index contributed by atoms with van der Waals surface area (Å²) < 4.78 is 7.21. The fraction of sp³-hybridized carbons (Fsp3) is 0.207. The Bertz CT molecular complexity index is 1340. The molecule has 0 atom stereocenters. The second-order valence-electron chi connectivity index (χ2n) is 8.76. The molecule has 0 saturated carbocycles. The molecule has 182 valence electrons. The molecule has 1 fully saturated rings. The highest BCUT2D eigenvalue weighted by molar-refractivity contribution is 6.00. The molecular formula is C29H28N4O3. The first-order valence-electron chi connectivity index (χ1n) is 12.0. The molecule has 1 aliphatic rings. The van der Waals surface area contributed by atoms with E-state index in [2.05, 4.69) is 0 Å². The van der Waals surface area contributed by atoms with E-state index in [1.54, 1.807) is 12.0 Å². The average Bonchev–Trinajstić information content (AvgIpc) is 3.37. The van der Waals surface area contributed by atoms with Crippen LogP contribution in [0.25, 0.3) is 11.3 Å². The van der Waals surface area contributed by atoms with Gasteiger partial charge in [-0.1, -0.05) is 60.7 Å². The Morgan fingerprint density at radius 3 is 2.11 bits per heavy atom. The van der Waals surface area contributed by atoms with Crippen LogP contribution in [0, 0.1) is 0 Å². The van der Waals surface area contributed by atoms with Gasteiger partial charge < -0.3 is 14.5 Å². The van der Waals surface area contributed by atoms with Gasteiger partial charge in [0.1, 0.15) is 11.4 Å². The van der Waals surface area contributed by atoms with Gasteiger partial charge >= 0.3 is 0 Å². The van der Waals surface area contributed by atoms with Gasteiger partial charge in [0.15, 0.2) is 0 Å². The zero-order valence-corrected chi connectivity index (χ0v) is 20.2. The molecule has 4 aromatic rings. The van der Waals surface area contributed by atoms with Gasteiger partial charge in [0.05, 0.1) is 19.2 Å². The smallest absolute Gasteiger partial charge is 0.257 e. The van der Waals surface area contributed by atoms with Gasteiger partial charge in [0.25, 0.3) is 11.8 Å². The number of ether oxygens (including phenoxy) is 1. The second kappa shape index (κ2) is 10.5. The van der Waals surface area contributed by atoms with Crippen molar-refractivity contribution >= 4 is 11.8 Å². The number of aromatic nitrogens is 2. The highest BCUT2D eigenvalue weighted by Crippen LogP contribution is 2.27. The van der Waals surface area contributed by atoms with Crippen molar-refractivity contribution in [2.75, 3.05) is 33.3 Å². The lowest BCUT2D eigenvalue weighted by Crippen LogP contribution is -2.50. The molecule has 1 aliphatic heterocycles. The first kappa shape index (κ1) is 23.4. The summed E-state index contributed by atoms with van der Waals surface area (Å²) in [6.07, 6.45) is 1.83. The number of hydrogen-bond acceptors (Lipinski definition) is 4. The fourth-order valence-electron chi connectivity index (χ4n) is 4.46. The van der Waals surface area contributed by atoms with Crippen molar-refractivity contribution in [1.82, 2.24) is 19.6 Å². The molecule has 0 bridgehead atoms. The Hall–Kier alpha value is -4.39. The molecular weight excluding hydrogens is 452 g/mol. The van der Waals surface area contributed by atoms with Crippen LogP contribution in [0.3, 0.4) is 0 Å². The van der Waals surface area contributed by atoms with E-state index in [9.17, 15) is 9.59 Å². The van der Waals surface area contributed by atoms with Crippen LogP contribution in [-0.2, 0) is 6.54 Å². The fourth-order valence-corrected chi connectivity index (χ4v) is 4.46. The lowest BCUT2D eigenvalue weighted by atomic mass is 10.1. The summed E-state index contributed by atoms with van der Waals surface area (Å²) in [6, 6.07) is 26.9. The molecule has 3 aromatic carbocycles. The Balaban J connectivity index is 1.38. The SMILES string of the molecule is COc1cccc(-c2nn(Cc3ccccc3)cc2C(=O)N2CCN(C(=O)c3ccccc3)CC2)c1. The highest BCUT2D eigenvalue weighted by Gasteiger charge is 2.28. The Kier molecular flexibility index (Phi) is 6.80. The minimum absolute atomic E-state index is 0.00421. The lowest BCUT2D eigenvalue weighted by molar-refractivity contribution is 0.0536. The van der Waals surface area contributed by atoms with E-state index in [0.29, 0.717) is 55.3 Å². The maximum Gasteiger partial charge on any atom is 0.257 e. The summed E-state index contributed by atoms with van der Waals surface area (Å²) in [7, 11) is 1.62. The number of piperazine rings is 1. The number of benzene rings is 3. The molecule has 2 heterocycles. The minimum Gasteiger partial charge on any atom is -0.497 e. The second-order valence-corrected chi connectivity index (χ2v) is 8.76. The molecule has 1 saturated heterocycles. The summed E-state index contributed by atoms with van der Waals surface area (Å²) in [5.74, 6) is 0.617. The minimum atomic E-state index is -0.0843. The Morgan fingerprint density at radius 1 is 0.806 bits per heavy atom. The predicted molar refractivity (Wildman–Crippen MR) is 138 cm³/mol. The molecule has 36 heavy (non-hydrogen) atoms. The van der Waals surface area contributed by atoms with Crippen molar-refractivity contribution < 1.29 is 14.3 Å². The molecule has 0 aliphatic carbocycles. The molecule has 2 amide bonds. The standard InChI is InChI=1S/C29H28N4O3/c1-36-25-14-8-13-24(19-25)27-26(21-33(30-27)20-22-9-4-2-5-10-22)29(35)32-17-15-31(16-18-32)28(34)23-11-6-3-7-12-23/h2-14,19,21H,15-18,20H2,1H3. The quantitative estimate of drug-likeness (QED) is 0.415. The van der Waals surface area contributed by atoms with Gasteiger partial charge in [-0.25, -0.2) is 0 Å². The lowest BCUT2D eigenvalue weighted by Gasteiger charge is -2.34. The van der Waals surface area contributed by atoms with E-state index in [1.807, 2.05) is 101 Å². The largest absolute Gasteiger partial charge is 0.497 e. The molecule has 0 radical (unpaired) electrons. The van der Waals surface area contributed by atoms with Crippen LogP contribution in [0.4, 0.5) is 0 Å². The van der Waals surface area contributed by atoms with E-state index in [1.165, 1.54) is 0 Å². The van der Waals surface area contributed by atoms with Crippen LogP contribution < -0.4 is 4.74 Å². The summed E-state index contributed by atoms with van der Waals surface area (Å²) in [4.78, 5) is 30.1. The van der Waals surface area contributed by atoms with Crippen LogP contribution in [0.15, 0.2) is 91.1 Å². The molecule has 0 spiro atoms. The van der Waals surface area contributed by atoms with E-state index in [4.69, 9.17) is 9.84 Å². The normalized spacial score (nSPS) is 13.5. The van der Waals surface area contributed by atoms with Crippen molar-refractivity contribution in [2.24, 2.45) is 0 Å². The first-order valence-corrected chi connectivity index (χ1v) is 12.0. The van der Waals surface area contributed by atoms with Crippen LogP contribution in [0.1, 0.15) is 26.3 Å². The zero-order valence-electron chi connectivity index (χ0n) is 20.2. The molecule has 7 nitrogen and oxygen atoms in total. The Labute approximate surface area is 210 Å². The van der Waals surface area contributed by atoms with Gasteiger partial charge in [-0.15, -0.1) is 0 Å². The molecule has 7 heteroatoms. The number of rotatable bonds is 6. The van der Waals surface area contributed by atoms with Gasteiger partial charge in [-0.05, 0) is 29.8 Å². The van der Waals surface area contributed by atoms with Crippen molar-refractivity contribution in [3.05, 3.63) is 108 Å². The predicted octanol–water partition coefficient (Wildman–Crippen LogP) is 4.21. The van der Waals surface area contributed by atoms with Crippen molar-refractivity contribution in [3.63, 3.8) is 0 Å². The van der Waals surface area contributed by atoms with E-state index < -0.39 is 0 Å². The Morgan fingerprint density at radius 2 is 1.44 bits per heavy atom. The van der Waals surface area contributed by atoms with Gasteiger partial charge in [-0.2, -0.15) is 5.10 Å². The van der Waals surface area contributed by atoms with E-state index in [-0.39, 0.29) is 11.8 Å². The summed E-state index contributed by atoms with van der Waals surface area (Å²) >= 11 is 0. The third kappa shape index (κ3) is 5.00. The van der Waals surface area contributed by atoms with Crippen molar-refractivity contribution in [2.45, 2.75) is 6.54 Å². The number of carbonyl (C=O) groups excluding carboxylic acids is 2. The molecule has 0 unspecified atom stereocenters. The molecule has 1 aromatic heterocycles. The summed E-state index contributed by atoms with van der Waals surface area (Å²) in [6.45, 7) is 2.49. The maximum absolute atomic E-state index is 13.7. The van der Waals surface area contributed by atoms with Gasteiger partial charge in [-0.3, -0.25) is 14.3 Å². The van der Waals surface area contributed by atoms with E-state index >= 15 is 0 Å². The van der Waals surface area contributed by atoms with Gasteiger partial charge in [0.2, 0.25) is 0 Å². The van der Waals surface area contributed by atoms with Crippen LogP contribution in [0.2, 0.25) is 0 Å². The van der Waals surface area contributed by atoms with Gasteiger partial charge in [0, 0.05) is 43.5 Å². The van der Waals surface area contributed by atoms with Crippen molar-refractivity contribution in [3.8, 4) is 17.0 Å². The number of amides is 2. The third-order valence-electron chi connectivity index (χ3n) is 6.40. The third-order valence-corrected chi connectivity index (χ3v) is 6.40. The maximum atomic E-state index is 13.7. The summed E-state index contributed by atoms with van der Waals surface area (Å²) in [5, 5.41) is 4.80. The number of hydrogen-bond donors (Lipinski definition) is 0. The molecule has 5 rings (SSSR count). The van der Waals surface area contributed by atoms with Crippen LogP contribution >= 0.6 is 0 Å². The van der Waals surface area contributed by atoms with Crippen molar-refractivity contribution in [1.29, 1.82) is 0 Å². The molecule has 0 N–H and O–H groups in total. The summed E-state index contributed by atoms with van der Waals surface area (Å²) in [5.41, 5.74) is 3.76. The number of methoxy groups -OCH3 is 1. The van der Waals surface area contributed by atoms with Crippen LogP contribution in [-0.4, -0.2) is 64.7 Å². The monoisotopic (exact) mass is 480 g/mol. The topological polar surface area (TPSA) is 67.7 Å². The number of carbonyl (C=O) groups is 2. The zero-order chi connectivity index (χ0) is 24.9. The highest BCUT2D eigenvalue weighted by atomic mass is 16.5. The van der Waals surface area contributed by atoms with Crippen LogP contribution in [0.5, 0.6) is 5.75 Å².